The van der Waals surface area contributed by atoms with E-state index in [0.29, 0.717) is 18.9 Å². The van der Waals surface area contributed by atoms with Gasteiger partial charge in [0.1, 0.15) is 0 Å². The van der Waals surface area contributed by atoms with E-state index in [2.05, 4.69) is 0 Å². The first-order valence-electron chi connectivity index (χ1n) is 8.76. The number of rotatable bonds is 3. The van der Waals surface area contributed by atoms with Crippen molar-refractivity contribution in [2.75, 3.05) is 0 Å². The fourth-order valence-electron chi connectivity index (χ4n) is 3.73. The maximum Gasteiger partial charge on any atom is 0.416 e. The number of carbonyl (C=O) groups excluding carboxylic acids is 1. The van der Waals surface area contributed by atoms with Gasteiger partial charge >= 0.3 is 6.18 Å². The van der Waals surface area contributed by atoms with Crippen LogP contribution < -0.4 is 11.3 Å². The molecule has 0 fully saturated rings. The van der Waals surface area contributed by atoms with Gasteiger partial charge in [-0.05, 0) is 18.9 Å². The Morgan fingerprint density at radius 2 is 2.04 bits per heavy atom. The molecule has 0 saturated carbocycles. The van der Waals surface area contributed by atoms with E-state index in [9.17, 15) is 22.8 Å². The molecule has 2 heterocycles. The number of alkyl halides is 3. The first-order valence-corrected chi connectivity index (χ1v) is 8.76. The lowest BCUT2D eigenvalue weighted by molar-refractivity contribution is -0.139. The topological polar surface area (TPSA) is 68.3 Å². The van der Waals surface area contributed by atoms with E-state index in [1.165, 1.54) is 4.57 Å². The molecule has 142 valence electrons. The Balaban J connectivity index is 1.95. The van der Waals surface area contributed by atoms with E-state index < -0.39 is 17.3 Å². The smallest absolute Gasteiger partial charge is 0.332 e. The molecule has 0 aromatic carbocycles. The SMILES string of the molecule is CCCC1Cn2c(cc(C(F)(F)F)cc2=O)CN1C(=O)C1C=C[C@@H](N)C1. The van der Waals surface area contributed by atoms with Crippen LogP contribution in [0.3, 0.4) is 0 Å². The Kier molecular flexibility index (Phi) is 4.96. The Morgan fingerprint density at radius 3 is 2.62 bits per heavy atom. The molecule has 26 heavy (non-hydrogen) atoms. The molecule has 0 radical (unpaired) electrons. The number of aromatic nitrogens is 1. The van der Waals surface area contributed by atoms with E-state index in [4.69, 9.17) is 5.73 Å². The van der Waals surface area contributed by atoms with E-state index in [1.54, 1.807) is 17.1 Å². The number of hydrogen-bond acceptors (Lipinski definition) is 3. The van der Waals surface area contributed by atoms with Crippen LogP contribution >= 0.6 is 0 Å². The van der Waals surface area contributed by atoms with Gasteiger partial charge in [-0.2, -0.15) is 13.2 Å². The van der Waals surface area contributed by atoms with Gasteiger partial charge in [-0.15, -0.1) is 0 Å². The summed E-state index contributed by atoms with van der Waals surface area (Å²) in [4.78, 5) is 26.7. The third kappa shape index (κ3) is 3.56. The number of carbonyl (C=O) groups is 1. The van der Waals surface area contributed by atoms with E-state index in [0.717, 1.165) is 12.5 Å². The molecular formula is C18H22F3N3O2. The molecule has 1 amide bonds. The number of pyridine rings is 1. The molecule has 1 aromatic rings. The lowest BCUT2D eigenvalue weighted by Crippen LogP contribution is -2.50. The van der Waals surface area contributed by atoms with Crippen LogP contribution in [-0.4, -0.2) is 27.5 Å². The Hall–Kier alpha value is -2.09. The summed E-state index contributed by atoms with van der Waals surface area (Å²) in [6.07, 6.45) is 0.945. The third-order valence-electron chi connectivity index (χ3n) is 5.05. The zero-order chi connectivity index (χ0) is 19.1. The van der Waals surface area contributed by atoms with Crippen LogP contribution in [0.1, 0.15) is 37.4 Å². The summed E-state index contributed by atoms with van der Waals surface area (Å²) in [5.74, 6) is -0.489. The van der Waals surface area contributed by atoms with E-state index in [-0.39, 0.29) is 42.7 Å². The van der Waals surface area contributed by atoms with Crippen LogP contribution in [0, 0.1) is 5.92 Å². The van der Waals surface area contributed by atoms with E-state index in [1.807, 2.05) is 6.92 Å². The van der Waals surface area contributed by atoms with Crippen LogP contribution in [0.15, 0.2) is 29.1 Å². The zero-order valence-corrected chi connectivity index (χ0v) is 14.5. The number of halogens is 3. The molecule has 1 aliphatic heterocycles. The van der Waals surface area contributed by atoms with Crippen LogP contribution in [0.2, 0.25) is 0 Å². The number of nitrogens with two attached hydrogens (primary N) is 1. The minimum absolute atomic E-state index is 0.00222. The van der Waals surface area contributed by atoms with Crippen molar-refractivity contribution >= 4 is 5.91 Å². The predicted octanol–water partition coefficient (Wildman–Crippen LogP) is 2.28. The number of nitrogens with zero attached hydrogens (tertiary/aromatic N) is 2. The Labute approximate surface area is 149 Å². The standard InChI is InChI=1S/C18H22F3N3O2/c1-2-3-14-9-23-15(7-12(8-16(23)25)18(19,20)21)10-24(14)17(26)11-4-5-13(22)6-11/h4-5,7-8,11,13-14H,2-3,6,9-10,22H2,1H3/t11?,13-,14?/m1/s1. The molecule has 1 aliphatic carbocycles. The van der Waals surface area contributed by atoms with Crippen molar-refractivity contribution in [2.24, 2.45) is 11.7 Å². The molecular weight excluding hydrogens is 347 g/mol. The van der Waals surface area contributed by atoms with Crippen molar-refractivity contribution in [2.45, 2.75) is 57.5 Å². The number of hydrogen-bond donors (Lipinski definition) is 1. The normalized spacial score (nSPS) is 25.4. The van der Waals surface area contributed by atoms with Gasteiger partial charge in [0.05, 0.1) is 24.1 Å². The van der Waals surface area contributed by atoms with E-state index >= 15 is 0 Å². The highest BCUT2D eigenvalue weighted by Gasteiger charge is 2.37. The minimum Gasteiger partial charge on any atom is -0.332 e. The highest BCUT2D eigenvalue weighted by atomic mass is 19.4. The summed E-state index contributed by atoms with van der Waals surface area (Å²) in [6, 6.07) is 1.22. The van der Waals surface area contributed by atoms with Gasteiger partial charge < -0.3 is 15.2 Å². The fraction of sp³-hybridized carbons (Fsp3) is 0.556. The minimum atomic E-state index is -4.59. The largest absolute Gasteiger partial charge is 0.416 e. The second-order valence-corrected chi connectivity index (χ2v) is 6.98. The summed E-state index contributed by atoms with van der Waals surface area (Å²) >= 11 is 0. The van der Waals surface area contributed by atoms with Crippen molar-refractivity contribution in [3.05, 3.63) is 45.9 Å². The van der Waals surface area contributed by atoms with Gasteiger partial charge in [-0.1, -0.05) is 25.5 Å². The van der Waals surface area contributed by atoms with Gasteiger partial charge in [0, 0.05) is 24.3 Å². The van der Waals surface area contributed by atoms with Crippen LogP contribution in [0.25, 0.3) is 0 Å². The zero-order valence-electron chi connectivity index (χ0n) is 14.5. The Bertz CT molecular complexity index is 785. The van der Waals surface area contributed by atoms with Crippen LogP contribution in [0.5, 0.6) is 0 Å². The number of amides is 1. The molecule has 0 spiro atoms. The third-order valence-corrected chi connectivity index (χ3v) is 5.05. The van der Waals surface area contributed by atoms with Crippen molar-refractivity contribution < 1.29 is 18.0 Å². The lowest BCUT2D eigenvalue weighted by Gasteiger charge is -2.39. The summed E-state index contributed by atoms with van der Waals surface area (Å²) < 4.78 is 40.4. The summed E-state index contributed by atoms with van der Waals surface area (Å²) in [7, 11) is 0. The van der Waals surface area contributed by atoms with Crippen molar-refractivity contribution in [3.63, 3.8) is 0 Å². The highest BCUT2D eigenvalue weighted by Crippen LogP contribution is 2.31. The predicted molar refractivity (Wildman–Crippen MR) is 90.2 cm³/mol. The van der Waals surface area contributed by atoms with Gasteiger partial charge in [0.25, 0.3) is 5.56 Å². The van der Waals surface area contributed by atoms with Crippen molar-refractivity contribution in [1.82, 2.24) is 9.47 Å². The Morgan fingerprint density at radius 1 is 1.31 bits per heavy atom. The molecule has 5 nitrogen and oxygen atoms in total. The molecule has 3 atom stereocenters. The van der Waals surface area contributed by atoms with Gasteiger partial charge in [0.2, 0.25) is 5.91 Å². The van der Waals surface area contributed by atoms with Gasteiger partial charge in [-0.3, -0.25) is 9.59 Å². The van der Waals surface area contributed by atoms with Gasteiger partial charge in [0.15, 0.2) is 0 Å². The van der Waals surface area contributed by atoms with Crippen LogP contribution in [0.4, 0.5) is 13.2 Å². The molecule has 2 unspecified atom stereocenters. The molecule has 0 bridgehead atoms. The first kappa shape index (κ1) is 18.7. The first-order chi connectivity index (χ1) is 12.2. The second-order valence-electron chi connectivity index (χ2n) is 6.98. The monoisotopic (exact) mass is 369 g/mol. The second kappa shape index (κ2) is 6.90. The summed E-state index contributed by atoms with van der Waals surface area (Å²) in [5.41, 5.74) is 4.39. The molecule has 2 N–H and O–H groups in total. The molecule has 2 aliphatic rings. The molecule has 1 aromatic heterocycles. The summed E-state index contributed by atoms with van der Waals surface area (Å²) in [5, 5.41) is 0. The fourth-order valence-corrected chi connectivity index (χ4v) is 3.73. The molecule has 8 heteroatoms. The van der Waals surface area contributed by atoms with Crippen molar-refractivity contribution in [1.29, 1.82) is 0 Å². The average Bonchev–Trinajstić information content (AvgIpc) is 3.00. The summed E-state index contributed by atoms with van der Waals surface area (Å²) in [6.45, 7) is 2.19. The molecule has 0 saturated heterocycles. The van der Waals surface area contributed by atoms with Crippen molar-refractivity contribution in [3.8, 4) is 0 Å². The van der Waals surface area contributed by atoms with Crippen LogP contribution in [-0.2, 0) is 24.1 Å². The average molecular weight is 369 g/mol. The van der Waals surface area contributed by atoms with Gasteiger partial charge in [-0.25, -0.2) is 0 Å². The lowest BCUT2D eigenvalue weighted by atomic mass is 10.00. The maximum absolute atomic E-state index is 13.0. The maximum atomic E-state index is 13.0. The quantitative estimate of drug-likeness (QED) is 0.831. The highest BCUT2D eigenvalue weighted by molar-refractivity contribution is 5.81. The molecule has 3 rings (SSSR count). The number of fused-ring (bicyclic) bond motifs is 1.